The Hall–Kier alpha value is -4.07. The molecule has 2 bridgehead atoms. The number of aromatic nitrogens is 2. The average molecular weight is 584 g/mol. The molecule has 43 heavy (non-hydrogen) atoms. The zero-order valence-electron chi connectivity index (χ0n) is 24.9. The number of piperazine rings is 1. The highest BCUT2D eigenvalue weighted by Crippen LogP contribution is 2.43. The van der Waals surface area contributed by atoms with Crippen LogP contribution < -0.4 is 15.1 Å². The fraction of sp³-hybridized carbons (Fsp3) is 0.424. The molecule has 3 fully saturated rings. The van der Waals surface area contributed by atoms with Crippen LogP contribution in [0.25, 0.3) is 32.8 Å². The highest BCUT2D eigenvalue weighted by Gasteiger charge is 2.43. The lowest BCUT2D eigenvalue weighted by Gasteiger charge is -2.52. The second-order valence-electron chi connectivity index (χ2n) is 12.7. The summed E-state index contributed by atoms with van der Waals surface area (Å²) in [6.07, 6.45) is 4.12. The number of hydrogen-bond acceptors (Lipinski definition) is 8. The topological polar surface area (TPSA) is 91.6 Å². The van der Waals surface area contributed by atoms with E-state index in [0.717, 1.165) is 25.9 Å². The van der Waals surface area contributed by atoms with Crippen LogP contribution in [-0.4, -0.2) is 77.9 Å². The van der Waals surface area contributed by atoms with Gasteiger partial charge >= 0.3 is 0 Å². The van der Waals surface area contributed by atoms with E-state index in [1.165, 1.54) is 12.1 Å². The molecule has 10 heteroatoms. The normalized spacial score (nSPS) is 21.1. The molecule has 3 saturated heterocycles. The molecule has 2 atom stereocenters. The summed E-state index contributed by atoms with van der Waals surface area (Å²) in [5.41, 5.74) is 0.741. The Labute approximate surface area is 249 Å². The number of nitriles is 1. The van der Waals surface area contributed by atoms with Crippen LogP contribution in [-0.2, 0) is 6.42 Å². The van der Waals surface area contributed by atoms with Crippen molar-refractivity contribution in [1.29, 1.82) is 5.26 Å². The van der Waals surface area contributed by atoms with Crippen molar-refractivity contribution in [1.82, 2.24) is 20.2 Å². The lowest BCUT2D eigenvalue weighted by molar-refractivity contribution is 0.132. The Kier molecular flexibility index (Phi) is 6.45. The van der Waals surface area contributed by atoms with E-state index in [9.17, 15) is 14.8 Å². The Bertz CT molecular complexity index is 1820. The van der Waals surface area contributed by atoms with Gasteiger partial charge in [-0.3, -0.25) is 4.98 Å². The molecule has 2 unspecified atom stereocenters. The maximum atomic E-state index is 17.1. The van der Waals surface area contributed by atoms with Gasteiger partial charge in [0.25, 0.3) is 0 Å². The maximum absolute atomic E-state index is 17.1. The Morgan fingerprint density at radius 1 is 1.09 bits per heavy atom. The molecule has 3 aliphatic heterocycles. The molecular weight excluding hydrogens is 548 g/mol. The van der Waals surface area contributed by atoms with E-state index in [1.807, 2.05) is 25.9 Å². The lowest BCUT2D eigenvalue weighted by atomic mass is 9.90. The van der Waals surface area contributed by atoms with Crippen molar-refractivity contribution in [3.05, 3.63) is 53.2 Å². The third-order valence-electron chi connectivity index (χ3n) is 9.78. The van der Waals surface area contributed by atoms with Gasteiger partial charge in [0.2, 0.25) is 0 Å². The number of nitrogens with zero attached hydrogens (tertiary/aromatic N) is 6. The summed E-state index contributed by atoms with van der Waals surface area (Å²) >= 11 is 0. The number of likely N-dealkylation sites (N-methyl/N-ethyl adjacent to an activating group) is 1. The lowest BCUT2D eigenvalue weighted by Crippen LogP contribution is -2.67. The number of hydrogen-bond donors (Lipinski definition) is 2. The molecule has 0 spiro atoms. The van der Waals surface area contributed by atoms with Crippen LogP contribution in [0.3, 0.4) is 0 Å². The van der Waals surface area contributed by atoms with Gasteiger partial charge < -0.3 is 25.1 Å². The van der Waals surface area contributed by atoms with Crippen molar-refractivity contribution in [3.8, 4) is 23.1 Å². The zero-order chi connectivity index (χ0) is 30.2. The van der Waals surface area contributed by atoms with Crippen molar-refractivity contribution >= 4 is 33.2 Å². The highest BCUT2D eigenvalue weighted by molar-refractivity contribution is 6.04. The molecule has 4 aromatic rings. The smallest absolute Gasteiger partial charge is 0.158 e. The van der Waals surface area contributed by atoms with Gasteiger partial charge in [-0.15, -0.1) is 0 Å². The number of aromatic hydroxyl groups is 1. The fourth-order valence-corrected chi connectivity index (χ4v) is 7.20. The summed E-state index contributed by atoms with van der Waals surface area (Å²) < 4.78 is 32.1. The number of aryl methyl sites for hydroxylation is 1. The number of benzene rings is 2. The van der Waals surface area contributed by atoms with E-state index in [2.05, 4.69) is 33.1 Å². The van der Waals surface area contributed by atoms with E-state index in [-0.39, 0.29) is 27.9 Å². The van der Waals surface area contributed by atoms with E-state index in [4.69, 9.17) is 4.98 Å². The summed E-state index contributed by atoms with van der Waals surface area (Å²) in [7, 11) is 4.06. The van der Waals surface area contributed by atoms with Crippen LogP contribution in [0.4, 0.5) is 20.4 Å². The Balaban J connectivity index is 1.49. The highest BCUT2D eigenvalue weighted by atomic mass is 19.1. The summed E-state index contributed by atoms with van der Waals surface area (Å²) in [5, 5.41) is 26.5. The van der Waals surface area contributed by atoms with Crippen molar-refractivity contribution in [2.75, 3.05) is 50.1 Å². The summed E-state index contributed by atoms with van der Waals surface area (Å²) in [5.74, 6) is -0.0584. The van der Waals surface area contributed by atoms with E-state index in [0.29, 0.717) is 70.5 Å². The minimum atomic E-state index is -0.675. The first kappa shape index (κ1) is 27.7. The van der Waals surface area contributed by atoms with Crippen LogP contribution in [0.1, 0.15) is 37.8 Å². The van der Waals surface area contributed by atoms with Crippen molar-refractivity contribution in [2.45, 2.75) is 50.7 Å². The molecule has 0 radical (unpaired) electrons. The van der Waals surface area contributed by atoms with Gasteiger partial charge in [0.15, 0.2) is 5.82 Å². The summed E-state index contributed by atoms with van der Waals surface area (Å²) in [6.45, 7) is 6.76. The second-order valence-corrected chi connectivity index (χ2v) is 12.7. The number of anilines is 2. The molecule has 5 heterocycles. The van der Waals surface area contributed by atoms with Gasteiger partial charge in [-0.2, -0.15) is 5.26 Å². The van der Waals surface area contributed by atoms with Gasteiger partial charge in [0.05, 0.1) is 5.54 Å². The predicted octanol–water partition coefficient (Wildman–Crippen LogP) is 4.95. The number of pyridine rings is 2. The van der Waals surface area contributed by atoms with Crippen LogP contribution in [0.15, 0.2) is 30.5 Å². The summed E-state index contributed by atoms with van der Waals surface area (Å²) in [4.78, 5) is 16.1. The second kappa shape index (κ2) is 10.00. The molecule has 222 valence electrons. The SMILES string of the molecule is CCc1c(F)ccc2cc(O)cc(-c3ncc4c(N5CC6CCC(C5)N6)nc(N5CC(C)(N(C)C)C5)c(C#N)c4c3F)c12. The molecule has 2 aromatic carbocycles. The third-order valence-corrected chi connectivity index (χ3v) is 9.78. The van der Waals surface area contributed by atoms with Gasteiger partial charge in [0, 0.05) is 60.8 Å². The first-order valence-electron chi connectivity index (χ1n) is 14.9. The fourth-order valence-electron chi connectivity index (χ4n) is 7.20. The maximum Gasteiger partial charge on any atom is 0.158 e. The number of nitrogens with one attached hydrogen (secondary N) is 1. The molecule has 3 aliphatic rings. The number of rotatable bonds is 5. The predicted molar refractivity (Wildman–Crippen MR) is 165 cm³/mol. The first-order valence-corrected chi connectivity index (χ1v) is 14.9. The van der Waals surface area contributed by atoms with Crippen LogP contribution in [0.2, 0.25) is 0 Å². The minimum Gasteiger partial charge on any atom is -0.508 e. The molecule has 2 aromatic heterocycles. The van der Waals surface area contributed by atoms with E-state index in [1.54, 1.807) is 18.3 Å². The molecule has 0 saturated carbocycles. The van der Waals surface area contributed by atoms with Gasteiger partial charge in [-0.1, -0.05) is 13.0 Å². The number of fused-ring (bicyclic) bond motifs is 4. The third kappa shape index (κ3) is 4.28. The van der Waals surface area contributed by atoms with Crippen molar-refractivity contribution in [2.24, 2.45) is 0 Å². The van der Waals surface area contributed by atoms with Gasteiger partial charge in [0.1, 0.15) is 40.5 Å². The Morgan fingerprint density at radius 3 is 2.47 bits per heavy atom. The zero-order valence-corrected chi connectivity index (χ0v) is 24.9. The largest absolute Gasteiger partial charge is 0.508 e. The number of phenolic OH excluding ortho intramolecular Hbond substituents is 1. The Morgan fingerprint density at radius 2 is 1.81 bits per heavy atom. The standard InChI is InChI=1S/C33H35F2N7O/c1-5-22-26(34)9-6-18-10-21(43)11-23(27(18)22)30-29(35)28-24(12-36)31(42-16-33(2,17-42)40(3)4)39-32(25(28)13-37-30)41-14-19-7-8-20(15-41)38-19/h6,9-11,13,19-20,38,43H,5,7-8,14-17H2,1-4H3. The first-order chi connectivity index (χ1) is 20.6. The quantitative estimate of drug-likeness (QED) is 0.341. The van der Waals surface area contributed by atoms with Crippen molar-refractivity contribution in [3.63, 3.8) is 0 Å². The number of halogens is 2. The van der Waals surface area contributed by atoms with Gasteiger partial charge in [-0.05, 0) is 74.8 Å². The molecule has 8 nitrogen and oxygen atoms in total. The van der Waals surface area contributed by atoms with Crippen LogP contribution >= 0.6 is 0 Å². The molecular formula is C33H35F2N7O. The van der Waals surface area contributed by atoms with Crippen LogP contribution in [0.5, 0.6) is 5.75 Å². The monoisotopic (exact) mass is 583 g/mol. The molecule has 2 N–H and O–H groups in total. The number of phenols is 1. The molecule has 0 amide bonds. The molecule has 0 aliphatic carbocycles. The minimum absolute atomic E-state index is 0.0320. The summed E-state index contributed by atoms with van der Waals surface area (Å²) in [6, 6.07) is 8.85. The van der Waals surface area contributed by atoms with E-state index >= 15 is 4.39 Å². The average Bonchev–Trinajstić information content (AvgIpc) is 3.31. The van der Waals surface area contributed by atoms with Crippen LogP contribution in [0, 0.1) is 23.0 Å². The van der Waals surface area contributed by atoms with Crippen molar-refractivity contribution < 1.29 is 13.9 Å². The molecule has 7 rings (SSSR count). The van der Waals surface area contributed by atoms with Gasteiger partial charge in [-0.25, -0.2) is 13.8 Å². The van der Waals surface area contributed by atoms with E-state index < -0.39 is 11.6 Å².